The molecule has 2 aliphatic rings. The second-order valence-electron chi connectivity index (χ2n) is 7.97. The van der Waals surface area contributed by atoms with Crippen molar-refractivity contribution in [3.8, 4) is 5.75 Å². The van der Waals surface area contributed by atoms with Gasteiger partial charge in [0.1, 0.15) is 17.4 Å². The highest BCUT2D eigenvalue weighted by atomic mass is 19.1. The van der Waals surface area contributed by atoms with Crippen LogP contribution in [0, 0.1) is 11.6 Å². The third kappa shape index (κ3) is 3.86. The van der Waals surface area contributed by atoms with E-state index in [1.807, 2.05) is 11.0 Å². The third-order valence-electron chi connectivity index (χ3n) is 6.29. The Labute approximate surface area is 170 Å². The molecule has 6 heteroatoms. The number of nitrogens with zero attached hydrogens (tertiary/aromatic N) is 2. The molecule has 0 bridgehead atoms. The number of carbonyl (C=O) groups is 1. The largest absolute Gasteiger partial charge is 0.496 e. The van der Waals surface area contributed by atoms with Crippen molar-refractivity contribution in [2.24, 2.45) is 0 Å². The molecule has 4 nitrogen and oxygen atoms in total. The van der Waals surface area contributed by atoms with E-state index in [0.29, 0.717) is 38.5 Å². The van der Waals surface area contributed by atoms with Crippen molar-refractivity contribution < 1.29 is 18.3 Å². The molecule has 4 rings (SSSR count). The van der Waals surface area contributed by atoms with Crippen LogP contribution in [-0.4, -0.2) is 49.0 Å². The second-order valence-corrected chi connectivity index (χ2v) is 7.97. The SMILES string of the molecule is COc1ccc(F)cc1CN1CCN(C(=O)C2(c3cccc(F)c3)CCC2)CC1. The summed E-state index contributed by atoms with van der Waals surface area (Å²) in [6, 6.07) is 11.0. The first-order valence-corrected chi connectivity index (χ1v) is 10.1. The number of hydrogen-bond acceptors (Lipinski definition) is 3. The Balaban J connectivity index is 1.42. The van der Waals surface area contributed by atoms with Crippen molar-refractivity contribution >= 4 is 5.91 Å². The lowest BCUT2D eigenvalue weighted by Crippen LogP contribution is -2.56. The average Bonchev–Trinajstić information content (AvgIpc) is 2.68. The van der Waals surface area contributed by atoms with E-state index in [1.54, 1.807) is 19.2 Å². The van der Waals surface area contributed by atoms with Gasteiger partial charge in [-0.25, -0.2) is 8.78 Å². The Bertz CT molecular complexity index is 890. The van der Waals surface area contributed by atoms with Crippen LogP contribution >= 0.6 is 0 Å². The number of carbonyl (C=O) groups excluding carboxylic acids is 1. The van der Waals surface area contributed by atoms with Crippen LogP contribution in [0.3, 0.4) is 0 Å². The lowest BCUT2D eigenvalue weighted by atomic mass is 9.63. The lowest BCUT2D eigenvalue weighted by Gasteiger charge is -2.46. The predicted molar refractivity (Wildman–Crippen MR) is 107 cm³/mol. The van der Waals surface area contributed by atoms with Gasteiger partial charge < -0.3 is 9.64 Å². The Morgan fingerprint density at radius 1 is 1.03 bits per heavy atom. The van der Waals surface area contributed by atoms with E-state index in [2.05, 4.69) is 4.90 Å². The summed E-state index contributed by atoms with van der Waals surface area (Å²) in [6.45, 7) is 3.24. The number of hydrogen-bond donors (Lipinski definition) is 0. The highest BCUT2D eigenvalue weighted by molar-refractivity contribution is 5.89. The Hall–Kier alpha value is -2.47. The van der Waals surface area contributed by atoms with Crippen molar-refractivity contribution in [1.82, 2.24) is 9.80 Å². The zero-order chi connectivity index (χ0) is 20.4. The summed E-state index contributed by atoms with van der Waals surface area (Å²) in [5, 5.41) is 0. The monoisotopic (exact) mass is 400 g/mol. The standard InChI is InChI=1S/C23H26F2N2O2/c1-29-21-7-6-20(25)14-17(21)16-26-10-12-27(13-11-26)22(28)23(8-3-9-23)18-4-2-5-19(24)15-18/h2,4-7,14-15H,3,8-13,16H2,1H3. The fraction of sp³-hybridized carbons (Fsp3) is 0.435. The molecular formula is C23H26F2N2O2. The van der Waals surface area contributed by atoms with Gasteiger partial charge in [0.2, 0.25) is 5.91 Å². The number of benzene rings is 2. The first-order valence-electron chi connectivity index (χ1n) is 10.1. The van der Waals surface area contributed by atoms with E-state index >= 15 is 0 Å². The van der Waals surface area contributed by atoms with Crippen LogP contribution in [0.5, 0.6) is 5.75 Å². The van der Waals surface area contributed by atoms with Crippen LogP contribution in [0.4, 0.5) is 8.78 Å². The van der Waals surface area contributed by atoms with E-state index in [9.17, 15) is 13.6 Å². The summed E-state index contributed by atoms with van der Waals surface area (Å²) < 4.78 is 32.7. The van der Waals surface area contributed by atoms with Crippen LogP contribution in [0.1, 0.15) is 30.4 Å². The molecule has 2 fully saturated rings. The van der Waals surface area contributed by atoms with Crippen LogP contribution < -0.4 is 4.74 Å². The fourth-order valence-electron chi connectivity index (χ4n) is 4.47. The molecule has 1 saturated carbocycles. The number of rotatable bonds is 5. The average molecular weight is 400 g/mol. The zero-order valence-corrected chi connectivity index (χ0v) is 16.7. The topological polar surface area (TPSA) is 32.8 Å². The Kier molecular flexibility index (Phi) is 5.54. The van der Waals surface area contributed by atoms with Gasteiger partial charge in [-0.1, -0.05) is 18.6 Å². The normalized spacial score (nSPS) is 18.9. The molecule has 1 saturated heterocycles. The number of piperazine rings is 1. The van der Waals surface area contributed by atoms with E-state index in [1.165, 1.54) is 24.3 Å². The van der Waals surface area contributed by atoms with Crippen molar-refractivity contribution in [3.05, 3.63) is 65.2 Å². The first kappa shape index (κ1) is 19.8. The predicted octanol–water partition coefficient (Wildman–Crippen LogP) is 3.74. The van der Waals surface area contributed by atoms with Gasteiger partial charge in [0.15, 0.2) is 0 Å². The molecule has 0 radical (unpaired) electrons. The number of ether oxygens (including phenoxy) is 1. The number of amides is 1. The molecule has 1 amide bonds. The van der Waals surface area contributed by atoms with E-state index in [-0.39, 0.29) is 17.5 Å². The van der Waals surface area contributed by atoms with Crippen molar-refractivity contribution in [2.45, 2.75) is 31.2 Å². The summed E-state index contributed by atoms with van der Waals surface area (Å²) in [5.41, 5.74) is 1.03. The number of methoxy groups -OCH3 is 1. The van der Waals surface area contributed by atoms with Crippen LogP contribution in [-0.2, 0) is 16.8 Å². The van der Waals surface area contributed by atoms with E-state index in [0.717, 1.165) is 30.4 Å². The van der Waals surface area contributed by atoms with E-state index < -0.39 is 5.41 Å². The summed E-state index contributed by atoms with van der Waals surface area (Å²) in [7, 11) is 1.58. The molecule has 1 aliphatic carbocycles. The minimum atomic E-state index is -0.573. The van der Waals surface area contributed by atoms with Crippen LogP contribution in [0.25, 0.3) is 0 Å². The van der Waals surface area contributed by atoms with Gasteiger partial charge in [-0.15, -0.1) is 0 Å². The van der Waals surface area contributed by atoms with Crippen molar-refractivity contribution in [3.63, 3.8) is 0 Å². The Morgan fingerprint density at radius 3 is 2.38 bits per heavy atom. The molecule has 0 aromatic heterocycles. The maximum absolute atomic E-state index is 13.7. The van der Waals surface area contributed by atoms with Gasteiger partial charge >= 0.3 is 0 Å². The Morgan fingerprint density at radius 2 is 1.76 bits per heavy atom. The minimum absolute atomic E-state index is 0.109. The minimum Gasteiger partial charge on any atom is -0.496 e. The molecule has 2 aromatic rings. The quantitative estimate of drug-likeness (QED) is 0.767. The summed E-state index contributed by atoms with van der Waals surface area (Å²) in [5.74, 6) is 0.203. The maximum atomic E-state index is 13.7. The third-order valence-corrected chi connectivity index (χ3v) is 6.29. The molecule has 0 spiro atoms. The molecule has 0 atom stereocenters. The van der Waals surface area contributed by atoms with Gasteiger partial charge in [-0.2, -0.15) is 0 Å². The summed E-state index contributed by atoms with van der Waals surface area (Å²) in [6.07, 6.45) is 2.54. The summed E-state index contributed by atoms with van der Waals surface area (Å²) >= 11 is 0. The molecule has 0 N–H and O–H groups in total. The second kappa shape index (κ2) is 8.11. The van der Waals surface area contributed by atoms with Crippen molar-refractivity contribution in [2.75, 3.05) is 33.3 Å². The van der Waals surface area contributed by atoms with Crippen LogP contribution in [0.2, 0.25) is 0 Å². The van der Waals surface area contributed by atoms with Gasteiger partial charge in [-0.3, -0.25) is 9.69 Å². The van der Waals surface area contributed by atoms with E-state index in [4.69, 9.17) is 4.74 Å². The van der Waals surface area contributed by atoms with Gasteiger partial charge in [-0.05, 0) is 48.7 Å². The smallest absolute Gasteiger partial charge is 0.233 e. The zero-order valence-electron chi connectivity index (χ0n) is 16.7. The molecule has 1 aliphatic heterocycles. The molecule has 2 aromatic carbocycles. The first-order chi connectivity index (χ1) is 14.0. The van der Waals surface area contributed by atoms with Gasteiger partial charge in [0.05, 0.1) is 12.5 Å². The summed E-state index contributed by atoms with van der Waals surface area (Å²) in [4.78, 5) is 17.5. The molecule has 29 heavy (non-hydrogen) atoms. The van der Waals surface area contributed by atoms with Crippen LogP contribution in [0.15, 0.2) is 42.5 Å². The molecule has 1 heterocycles. The maximum Gasteiger partial charge on any atom is 0.233 e. The lowest BCUT2D eigenvalue weighted by molar-refractivity contribution is -0.142. The molecule has 0 unspecified atom stereocenters. The molecular weight excluding hydrogens is 374 g/mol. The van der Waals surface area contributed by atoms with Crippen molar-refractivity contribution in [1.29, 1.82) is 0 Å². The molecule has 154 valence electrons. The highest BCUT2D eigenvalue weighted by Crippen LogP contribution is 2.45. The van der Waals surface area contributed by atoms with Gasteiger partial charge in [0.25, 0.3) is 0 Å². The fourth-order valence-corrected chi connectivity index (χ4v) is 4.47. The number of halogens is 2. The van der Waals surface area contributed by atoms with Gasteiger partial charge in [0, 0.05) is 38.3 Å². The highest BCUT2D eigenvalue weighted by Gasteiger charge is 2.48.